The molecule has 2 N–H and O–H groups in total. The molecule has 1 aliphatic rings. The summed E-state index contributed by atoms with van der Waals surface area (Å²) in [7, 11) is 1.31. The molecule has 0 aliphatic carbocycles. The third-order valence-electron chi connectivity index (χ3n) is 4.73. The van der Waals surface area contributed by atoms with Gasteiger partial charge in [0.1, 0.15) is 12.4 Å². The molecular formula is C21H20ClN3O4. The first-order valence-corrected chi connectivity index (χ1v) is 9.52. The molecule has 2 heterocycles. The minimum Gasteiger partial charge on any atom is -0.491 e. The van der Waals surface area contributed by atoms with E-state index in [1.54, 1.807) is 10.7 Å². The van der Waals surface area contributed by atoms with Crippen molar-refractivity contribution in [1.29, 1.82) is 0 Å². The summed E-state index contributed by atoms with van der Waals surface area (Å²) in [5.74, 6) is 0.798. The summed E-state index contributed by atoms with van der Waals surface area (Å²) in [6.07, 6.45) is 1.43. The normalized spacial score (nSPS) is 15.3. The number of alkyl carbamates (subject to hydrolysis) is 1. The number of benzene rings is 2. The van der Waals surface area contributed by atoms with Crippen LogP contribution in [0.3, 0.4) is 0 Å². The maximum absolute atomic E-state index is 11.3. The van der Waals surface area contributed by atoms with Crippen molar-refractivity contribution in [1.82, 2.24) is 15.1 Å². The van der Waals surface area contributed by atoms with Crippen LogP contribution in [0.5, 0.6) is 5.75 Å². The van der Waals surface area contributed by atoms with Crippen LogP contribution in [0.4, 0.5) is 4.79 Å². The summed E-state index contributed by atoms with van der Waals surface area (Å²) in [6.45, 7) is 0.579. The smallest absolute Gasteiger partial charge is 0.407 e. The van der Waals surface area contributed by atoms with E-state index >= 15 is 0 Å². The summed E-state index contributed by atoms with van der Waals surface area (Å²) in [6, 6.07) is 13.3. The van der Waals surface area contributed by atoms with E-state index in [9.17, 15) is 9.90 Å². The van der Waals surface area contributed by atoms with Crippen molar-refractivity contribution in [2.45, 2.75) is 19.1 Å². The molecule has 29 heavy (non-hydrogen) atoms. The fourth-order valence-electron chi connectivity index (χ4n) is 3.24. The topological polar surface area (TPSA) is 85.6 Å². The van der Waals surface area contributed by atoms with Gasteiger partial charge in [0.05, 0.1) is 24.6 Å². The Labute approximate surface area is 172 Å². The van der Waals surface area contributed by atoms with Crippen LogP contribution in [0.15, 0.2) is 48.7 Å². The molecule has 1 aromatic heterocycles. The first-order valence-electron chi connectivity index (χ1n) is 9.14. The van der Waals surface area contributed by atoms with E-state index < -0.39 is 12.2 Å². The Balaban J connectivity index is 1.58. The lowest BCUT2D eigenvalue weighted by Crippen LogP contribution is -2.25. The minimum atomic E-state index is -0.516. The van der Waals surface area contributed by atoms with Crippen LogP contribution in [0.1, 0.15) is 11.1 Å². The van der Waals surface area contributed by atoms with Crippen molar-refractivity contribution < 1.29 is 19.4 Å². The lowest BCUT2D eigenvalue weighted by atomic mass is 10.0. The second-order valence-electron chi connectivity index (χ2n) is 6.76. The number of halogens is 1. The van der Waals surface area contributed by atoms with Crippen molar-refractivity contribution in [3.05, 3.63) is 64.8 Å². The van der Waals surface area contributed by atoms with Crippen LogP contribution in [0, 0.1) is 0 Å². The third-order valence-corrected chi connectivity index (χ3v) is 5.10. The Morgan fingerprint density at radius 1 is 1.34 bits per heavy atom. The number of ether oxygens (including phenoxy) is 2. The van der Waals surface area contributed by atoms with Gasteiger partial charge >= 0.3 is 6.09 Å². The van der Waals surface area contributed by atoms with Gasteiger partial charge in [-0.15, -0.1) is 0 Å². The number of carbonyl (C=O) groups excluding carboxylic acids is 1. The van der Waals surface area contributed by atoms with Crippen LogP contribution in [-0.4, -0.2) is 40.8 Å². The third kappa shape index (κ3) is 4.21. The largest absolute Gasteiger partial charge is 0.491 e. The average Bonchev–Trinajstić information content (AvgIpc) is 3.22. The number of aromatic nitrogens is 2. The maximum Gasteiger partial charge on any atom is 0.407 e. The van der Waals surface area contributed by atoms with Gasteiger partial charge in [0.15, 0.2) is 0 Å². The number of carbonyl (C=O) groups is 1. The molecule has 1 unspecified atom stereocenters. The lowest BCUT2D eigenvalue weighted by Gasteiger charge is -2.22. The van der Waals surface area contributed by atoms with Crippen molar-refractivity contribution in [3.63, 3.8) is 0 Å². The summed E-state index contributed by atoms with van der Waals surface area (Å²) in [4.78, 5) is 11.3. The van der Waals surface area contributed by atoms with Crippen LogP contribution < -0.4 is 10.1 Å². The SMILES string of the molecule is COC(=O)NCc1cc(-c2ccn(-c3ccc4c(c3)CC(O)CO4)n2)ccc1Cl. The number of nitrogens with one attached hydrogen (secondary N) is 1. The minimum absolute atomic E-state index is 0.257. The van der Waals surface area contributed by atoms with Gasteiger partial charge in [-0.2, -0.15) is 5.10 Å². The summed E-state index contributed by atoms with van der Waals surface area (Å²) < 4.78 is 11.9. The molecule has 0 fully saturated rings. The van der Waals surface area contributed by atoms with Crippen LogP contribution in [0.2, 0.25) is 5.02 Å². The fourth-order valence-corrected chi connectivity index (χ4v) is 3.42. The van der Waals surface area contributed by atoms with Gasteiger partial charge < -0.3 is 19.9 Å². The molecule has 0 radical (unpaired) electrons. The van der Waals surface area contributed by atoms with Gasteiger partial charge in [-0.3, -0.25) is 0 Å². The molecule has 0 saturated carbocycles. The van der Waals surface area contributed by atoms with E-state index in [2.05, 4.69) is 15.2 Å². The van der Waals surface area contributed by atoms with E-state index in [1.165, 1.54) is 7.11 Å². The second-order valence-corrected chi connectivity index (χ2v) is 7.17. The van der Waals surface area contributed by atoms with Gasteiger partial charge in [-0.05, 0) is 47.5 Å². The lowest BCUT2D eigenvalue weighted by molar-refractivity contribution is 0.0921. The molecule has 3 aromatic rings. The molecule has 7 nitrogen and oxygen atoms in total. The van der Waals surface area contributed by atoms with Crippen LogP contribution in [-0.2, 0) is 17.7 Å². The van der Waals surface area contributed by atoms with E-state index in [-0.39, 0.29) is 6.54 Å². The van der Waals surface area contributed by atoms with Crippen LogP contribution >= 0.6 is 11.6 Å². The standard InChI is InChI=1S/C21H20ClN3O4/c1-28-21(27)23-11-15-8-13(2-4-18(15)22)19-6-7-25(24-19)16-3-5-20-14(9-16)10-17(26)12-29-20/h2-9,17,26H,10-12H2,1H3,(H,23,27). The summed E-state index contributed by atoms with van der Waals surface area (Å²) in [5.41, 5.74) is 4.26. The van der Waals surface area contributed by atoms with Gasteiger partial charge in [-0.25, -0.2) is 9.48 Å². The first kappa shape index (κ1) is 19.3. The summed E-state index contributed by atoms with van der Waals surface area (Å²) >= 11 is 6.24. The molecule has 150 valence electrons. The molecule has 1 atom stereocenters. The number of methoxy groups -OCH3 is 1. The Hall–Kier alpha value is -3.03. The van der Waals surface area contributed by atoms with Gasteiger partial charge in [0.2, 0.25) is 0 Å². The van der Waals surface area contributed by atoms with Crippen molar-refractivity contribution in [2.24, 2.45) is 0 Å². The molecule has 8 heteroatoms. The zero-order valence-electron chi connectivity index (χ0n) is 15.8. The number of hydrogen-bond donors (Lipinski definition) is 2. The number of fused-ring (bicyclic) bond motifs is 1. The molecule has 0 bridgehead atoms. The Morgan fingerprint density at radius 2 is 2.21 bits per heavy atom. The van der Waals surface area contributed by atoms with E-state index in [0.717, 1.165) is 33.8 Å². The number of rotatable bonds is 4. The monoisotopic (exact) mass is 413 g/mol. The highest BCUT2D eigenvalue weighted by Gasteiger charge is 2.18. The quantitative estimate of drug-likeness (QED) is 0.685. The Kier molecular flexibility index (Phi) is 5.42. The second kappa shape index (κ2) is 8.14. The zero-order valence-corrected chi connectivity index (χ0v) is 16.5. The molecule has 1 amide bonds. The molecule has 0 saturated heterocycles. The van der Waals surface area contributed by atoms with E-state index in [1.807, 2.05) is 42.6 Å². The summed E-state index contributed by atoms with van der Waals surface area (Å²) in [5, 5.41) is 17.7. The number of nitrogens with zero attached hydrogens (tertiary/aromatic N) is 2. The van der Waals surface area contributed by atoms with E-state index in [0.29, 0.717) is 18.1 Å². The fraction of sp³-hybridized carbons (Fsp3) is 0.238. The Morgan fingerprint density at radius 3 is 3.03 bits per heavy atom. The highest BCUT2D eigenvalue weighted by atomic mass is 35.5. The number of amides is 1. The van der Waals surface area contributed by atoms with Crippen molar-refractivity contribution in [3.8, 4) is 22.7 Å². The van der Waals surface area contributed by atoms with Crippen molar-refractivity contribution >= 4 is 17.7 Å². The Bertz CT molecular complexity index is 1050. The highest BCUT2D eigenvalue weighted by Crippen LogP contribution is 2.28. The number of hydrogen-bond acceptors (Lipinski definition) is 5. The molecule has 2 aromatic carbocycles. The number of aliphatic hydroxyl groups is 1. The van der Waals surface area contributed by atoms with Gasteiger partial charge in [-0.1, -0.05) is 17.7 Å². The first-order chi connectivity index (χ1) is 14.0. The predicted octanol–water partition coefficient (Wildman–Crippen LogP) is 3.34. The predicted molar refractivity (Wildman–Crippen MR) is 108 cm³/mol. The highest BCUT2D eigenvalue weighted by molar-refractivity contribution is 6.31. The van der Waals surface area contributed by atoms with Gasteiger partial charge in [0.25, 0.3) is 0 Å². The molecular weight excluding hydrogens is 394 g/mol. The zero-order chi connectivity index (χ0) is 20.4. The molecule has 1 aliphatic heterocycles. The molecule has 4 rings (SSSR count). The average molecular weight is 414 g/mol. The van der Waals surface area contributed by atoms with E-state index in [4.69, 9.17) is 16.3 Å². The van der Waals surface area contributed by atoms with Crippen LogP contribution in [0.25, 0.3) is 16.9 Å². The van der Waals surface area contributed by atoms with Gasteiger partial charge in [0, 0.05) is 29.7 Å². The molecule has 0 spiro atoms. The maximum atomic E-state index is 11.3. The number of aliphatic hydroxyl groups excluding tert-OH is 1. The van der Waals surface area contributed by atoms with Crippen molar-refractivity contribution in [2.75, 3.05) is 13.7 Å².